The van der Waals surface area contributed by atoms with Crippen LogP contribution in [-0.2, 0) is 38.0 Å². The summed E-state index contributed by atoms with van der Waals surface area (Å²) in [6.45, 7) is 10.8. The summed E-state index contributed by atoms with van der Waals surface area (Å²) < 4.78 is 33.9. The Balaban J connectivity index is 2.49. The molecule has 1 rings (SSSR count). The second kappa shape index (κ2) is 41.8. The van der Waals surface area contributed by atoms with Crippen molar-refractivity contribution in [3.05, 3.63) is 48.6 Å². The highest BCUT2D eigenvalue weighted by Crippen LogP contribution is 2.13. The van der Waals surface area contributed by atoms with Crippen LogP contribution in [0.2, 0.25) is 0 Å². The minimum Gasteiger partial charge on any atom is -0.465 e. The third-order valence-electron chi connectivity index (χ3n) is 10.0. The van der Waals surface area contributed by atoms with Gasteiger partial charge in [-0.15, -0.1) is 0 Å². The lowest BCUT2D eigenvalue weighted by Crippen LogP contribution is -2.38. The van der Waals surface area contributed by atoms with Gasteiger partial charge in [0.05, 0.1) is 18.9 Å². The highest BCUT2D eigenvalue weighted by molar-refractivity contribution is 5.69. The van der Waals surface area contributed by atoms with Gasteiger partial charge in [0.15, 0.2) is 6.29 Å². The van der Waals surface area contributed by atoms with Gasteiger partial charge in [-0.25, -0.2) is 4.79 Å². The highest BCUT2D eigenvalue weighted by Gasteiger charge is 2.20. The van der Waals surface area contributed by atoms with Crippen molar-refractivity contribution < 1.29 is 42.8 Å². The number of carbonyl (C=O) groups excluding carboxylic acids is 3. The molecular weight excluding hydrogens is 747 g/mol. The van der Waals surface area contributed by atoms with E-state index in [0.717, 1.165) is 122 Å². The summed E-state index contributed by atoms with van der Waals surface area (Å²) in [5.41, 5.74) is 0. The van der Waals surface area contributed by atoms with E-state index in [1.807, 2.05) is 0 Å². The maximum absolute atomic E-state index is 12.9. The zero-order valence-corrected chi connectivity index (χ0v) is 37.7. The summed E-state index contributed by atoms with van der Waals surface area (Å²) in [6.07, 6.45) is 39.5. The van der Waals surface area contributed by atoms with Crippen molar-refractivity contribution >= 4 is 18.1 Å². The number of likely N-dealkylation sites (tertiary alicyclic amines) is 1. The molecule has 1 aliphatic heterocycles. The Morgan fingerprint density at radius 3 is 1.63 bits per heavy atom. The quantitative estimate of drug-likeness (QED) is 0.0194. The molecule has 1 aliphatic rings. The van der Waals surface area contributed by atoms with E-state index in [1.165, 1.54) is 32.1 Å². The van der Waals surface area contributed by atoms with E-state index in [9.17, 15) is 14.4 Å². The lowest BCUT2D eigenvalue weighted by atomic mass is 10.1. The molecule has 1 atom stereocenters. The summed E-state index contributed by atoms with van der Waals surface area (Å²) in [7, 11) is 0. The van der Waals surface area contributed by atoms with Crippen molar-refractivity contribution in [3.63, 3.8) is 0 Å². The lowest BCUT2D eigenvalue weighted by Gasteiger charge is -2.30. The fraction of sp³-hybridized carbons (Fsp3) is 0.776. The van der Waals surface area contributed by atoms with Crippen molar-refractivity contribution in [2.24, 2.45) is 5.92 Å². The molecule has 10 nitrogen and oxygen atoms in total. The topological polar surface area (TPSA) is 110 Å². The molecule has 0 amide bonds. The molecule has 1 fully saturated rings. The fourth-order valence-corrected chi connectivity index (χ4v) is 6.25. The average Bonchev–Trinajstić information content (AvgIpc) is 3.22. The predicted molar refractivity (Wildman–Crippen MR) is 239 cm³/mol. The molecular formula is C49H85NO9. The Morgan fingerprint density at radius 1 is 0.525 bits per heavy atom. The number of carbonyl (C=O) groups is 3. The normalized spacial score (nSPS) is 13.9. The van der Waals surface area contributed by atoms with Crippen LogP contribution >= 0.6 is 0 Å². The lowest BCUT2D eigenvalue weighted by molar-refractivity contribution is -0.161. The van der Waals surface area contributed by atoms with Gasteiger partial charge in [-0.1, -0.05) is 101 Å². The highest BCUT2D eigenvalue weighted by atomic mass is 16.7. The van der Waals surface area contributed by atoms with Crippen molar-refractivity contribution in [3.8, 4) is 0 Å². The van der Waals surface area contributed by atoms with E-state index in [2.05, 4.69) is 74.3 Å². The Bertz CT molecular complexity index is 1090. The first-order valence-electron chi connectivity index (χ1n) is 23.6. The zero-order valence-electron chi connectivity index (χ0n) is 37.7. The smallest absolute Gasteiger partial charge is 0.465 e. The number of unbranched alkanes of at least 4 members (excludes halogenated alkanes) is 12. The van der Waals surface area contributed by atoms with Gasteiger partial charge in [0, 0.05) is 32.6 Å². The Kier molecular flexibility index (Phi) is 38.3. The van der Waals surface area contributed by atoms with Crippen LogP contribution in [0.1, 0.15) is 175 Å². The second-order valence-electron chi connectivity index (χ2n) is 15.6. The number of hydrogen-bond donors (Lipinski definition) is 0. The van der Waals surface area contributed by atoms with E-state index in [1.54, 1.807) is 0 Å². The molecule has 1 unspecified atom stereocenters. The Hall–Kier alpha value is -2.95. The third kappa shape index (κ3) is 36.6. The van der Waals surface area contributed by atoms with Crippen LogP contribution in [0.25, 0.3) is 0 Å². The first kappa shape index (κ1) is 54.1. The largest absolute Gasteiger partial charge is 0.508 e. The molecule has 1 heterocycles. The molecule has 0 aromatic carbocycles. The van der Waals surface area contributed by atoms with E-state index in [-0.39, 0.29) is 38.8 Å². The summed E-state index contributed by atoms with van der Waals surface area (Å²) >= 11 is 0. The minimum atomic E-state index is -0.777. The van der Waals surface area contributed by atoms with Gasteiger partial charge in [0.1, 0.15) is 19.8 Å². The van der Waals surface area contributed by atoms with Gasteiger partial charge in [-0.05, 0) is 116 Å². The Labute approximate surface area is 359 Å². The maximum Gasteiger partial charge on any atom is 0.508 e. The van der Waals surface area contributed by atoms with Gasteiger partial charge >= 0.3 is 18.1 Å². The first-order valence-corrected chi connectivity index (χ1v) is 23.6. The Morgan fingerprint density at radius 2 is 1.05 bits per heavy atom. The third-order valence-corrected chi connectivity index (χ3v) is 10.0. The van der Waals surface area contributed by atoms with Crippen LogP contribution in [-0.4, -0.2) is 88.6 Å². The molecule has 0 spiro atoms. The molecule has 0 aromatic rings. The van der Waals surface area contributed by atoms with Crippen molar-refractivity contribution in [1.82, 2.24) is 4.90 Å². The van der Waals surface area contributed by atoms with E-state index in [0.29, 0.717) is 26.1 Å². The molecule has 0 aromatic heterocycles. The summed E-state index contributed by atoms with van der Waals surface area (Å²) in [5.74, 6) is -1.24. The van der Waals surface area contributed by atoms with Crippen molar-refractivity contribution in [1.29, 1.82) is 0 Å². The molecule has 0 bridgehead atoms. The van der Waals surface area contributed by atoms with E-state index < -0.39 is 24.3 Å². The second-order valence-corrected chi connectivity index (χ2v) is 15.6. The minimum absolute atomic E-state index is 0.0235. The van der Waals surface area contributed by atoms with Crippen LogP contribution in [0.5, 0.6) is 0 Å². The van der Waals surface area contributed by atoms with E-state index >= 15 is 0 Å². The predicted octanol–water partition coefficient (Wildman–Crippen LogP) is 12.2. The van der Waals surface area contributed by atoms with Crippen LogP contribution in [0.4, 0.5) is 4.79 Å². The summed E-state index contributed by atoms with van der Waals surface area (Å²) in [6, 6.07) is 0. The molecule has 340 valence electrons. The number of nitrogens with zero attached hydrogens (tertiary/aromatic N) is 1. The molecule has 0 radical (unpaired) electrons. The number of allylic oxidation sites excluding steroid dienone is 8. The fourth-order valence-electron chi connectivity index (χ4n) is 6.25. The molecule has 1 saturated heterocycles. The van der Waals surface area contributed by atoms with Gasteiger partial charge in [-0.2, -0.15) is 0 Å². The number of esters is 2. The monoisotopic (exact) mass is 832 g/mol. The maximum atomic E-state index is 12.9. The molecule has 0 N–H and O–H groups in total. The van der Waals surface area contributed by atoms with Gasteiger partial charge in [0.25, 0.3) is 0 Å². The van der Waals surface area contributed by atoms with Crippen LogP contribution in [0.3, 0.4) is 0 Å². The molecule has 0 saturated carbocycles. The molecule has 59 heavy (non-hydrogen) atoms. The standard InChI is InChI=1S/C49H85NO9/c1-4-7-10-13-16-17-18-19-20-21-22-23-24-25-28-33-46(51)57-42-45(44-59-49(53)56-41-32-38-50-36-31-37-50)43-58-47(52)34-35-48(54-39-29-26-14-11-8-5-2)55-40-30-27-15-12-9-6-3/h8-9,11-12,16-17,19-20,45,48H,4-7,10,13-15,18,21-44H2,1-3H3/b11-8-,12-9-,17-16-,20-19-. The van der Waals surface area contributed by atoms with Gasteiger partial charge in [0.2, 0.25) is 0 Å². The zero-order chi connectivity index (χ0) is 42.7. The SMILES string of the molecule is CC/C=C\CCCCOC(CCC(=O)OCC(COC(=O)CCCCCCC/C=C\C/C=C\CCCCC)COC(=O)OCCCN1CCC1)OCCCC/C=C\CC. The number of rotatable bonds is 41. The van der Waals surface area contributed by atoms with Crippen LogP contribution < -0.4 is 0 Å². The van der Waals surface area contributed by atoms with Gasteiger partial charge in [-0.3, -0.25) is 9.59 Å². The van der Waals surface area contributed by atoms with Crippen LogP contribution in [0, 0.1) is 5.92 Å². The summed E-state index contributed by atoms with van der Waals surface area (Å²) in [4.78, 5) is 40.2. The van der Waals surface area contributed by atoms with Crippen molar-refractivity contribution in [2.75, 3.05) is 59.3 Å². The molecule has 10 heteroatoms. The average molecular weight is 832 g/mol. The van der Waals surface area contributed by atoms with E-state index in [4.69, 9.17) is 28.4 Å². The van der Waals surface area contributed by atoms with Crippen LogP contribution in [0.15, 0.2) is 48.6 Å². The van der Waals surface area contributed by atoms with Crippen molar-refractivity contribution in [2.45, 2.75) is 181 Å². The van der Waals surface area contributed by atoms with Gasteiger partial charge < -0.3 is 33.3 Å². The summed E-state index contributed by atoms with van der Waals surface area (Å²) in [5, 5.41) is 0. The molecule has 0 aliphatic carbocycles. The number of hydrogen-bond acceptors (Lipinski definition) is 10. The first-order chi connectivity index (χ1) is 29.0. The number of ether oxygens (including phenoxy) is 6.